The fourth-order valence-corrected chi connectivity index (χ4v) is 2.41. The van der Waals surface area contributed by atoms with E-state index in [2.05, 4.69) is 11.4 Å². The minimum absolute atomic E-state index is 0. The normalized spacial score (nSPS) is 12.8. The van der Waals surface area contributed by atoms with Gasteiger partial charge < -0.3 is 10.4 Å². The highest BCUT2D eigenvalue weighted by molar-refractivity contribution is 6.30. The molecule has 122 valence electrons. The first-order valence-electron chi connectivity index (χ1n) is 6.87. The van der Waals surface area contributed by atoms with E-state index in [0.29, 0.717) is 17.1 Å². The summed E-state index contributed by atoms with van der Waals surface area (Å²) in [6, 6.07) is 16.9. The van der Waals surface area contributed by atoms with Crippen LogP contribution in [0.5, 0.6) is 0 Å². The molecule has 0 aliphatic rings. The number of nitriles is 1. The maximum absolute atomic E-state index is 9.68. The van der Waals surface area contributed by atoms with Gasteiger partial charge in [0.05, 0.1) is 23.8 Å². The second-order valence-corrected chi connectivity index (χ2v) is 5.68. The molecular formula is C17H17Cl3N2O. The Morgan fingerprint density at radius 2 is 1.83 bits per heavy atom. The summed E-state index contributed by atoms with van der Waals surface area (Å²) >= 11 is 11.6. The number of hydrogen-bond acceptors (Lipinski definition) is 3. The third-order valence-corrected chi connectivity index (χ3v) is 3.90. The molecule has 0 spiro atoms. The van der Waals surface area contributed by atoms with Gasteiger partial charge in [-0.25, -0.2) is 0 Å². The van der Waals surface area contributed by atoms with Gasteiger partial charge in [-0.2, -0.15) is 5.26 Å². The van der Waals surface area contributed by atoms with Crippen LogP contribution >= 0.6 is 35.6 Å². The second-order valence-electron chi connectivity index (χ2n) is 4.94. The summed E-state index contributed by atoms with van der Waals surface area (Å²) in [7, 11) is 0. The lowest BCUT2D eigenvalue weighted by Gasteiger charge is -2.21. The van der Waals surface area contributed by atoms with Crippen LogP contribution in [0.2, 0.25) is 5.02 Å². The van der Waals surface area contributed by atoms with Crippen molar-refractivity contribution >= 4 is 35.6 Å². The van der Waals surface area contributed by atoms with Gasteiger partial charge in [0.1, 0.15) is 0 Å². The fourth-order valence-electron chi connectivity index (χ4n) is 2.18. The Balaban J connectivity index is 0.00000264. The molecule has 0 aliphatic carbocycles. The number of benzene rings is 2. The van der Waals surface area contributed by atoms with Crippen molar-refractivity contribution in [3.8, 4) is 6.07 Å². The summed E-state index contributed by atoms with van der Waals surface area (Å²) < 4.78 is 0. The predicted octanol–water partition coefficient (Wildman–Crippen LogP) is 3.91. The lowest BCUT2D eigenvalue weighted by Crippen LogP contribution is -2.32. The van der Waals surface area contributed by atoms with Crippen molar-refractivity contribution in [2.75, 3.05) is 12.4 Å². The fraction of sp³-hybridized carbons (Fsp3) is 0.235. The van der Waals surface area contributed by atoms with E-state index in [1.54, 1.807) is 6.07 Å². The Kier molecular flexibility index (Phi) is 8.40. The number of hydrogen-bond donors (Lipinski definition) is 2. The molecule has 0 saturated heterocycles. The van der Waals surface area contributed by atoms with Gasteiger partial charge in [-0.1, -0.05) is 35.9 Å². The Hall–Kier alpha value is -1.28. The molecule has 0 aliphatic heterocycles. The number of rotatable bonds is 6. The highest BCUT2D eigenvalue weighted by atomic mass is 35.5. The molecule has 2 aromatic carbocycles. The van der Waals surface area contributed by atoms with Crippen molar-refractivity contribution < 1.29 is 5.11 Å². The van der Waals surface area contributed by atoms with E-state index < -0.39 is 6.10 Å². The van der Waals surface area contributed by atoms with E-state index in [1.807, 2.05) is 42.5 Å². The molecule has 0 fully saturated rings. The van der Waals surface area contributed by atoms with Crippen molar-refractivity contribution in [3.05, 3.63) is 70.2 Å². The van der Waals surface area contributed by atoms with Crippen LogP contribution in [-0.2, 0) is 0 Å². The van der Waals surface area contributed by atoms with Gasteiger partial charge in [-0.05, 0) is 35.4 Å². The first-order valence-corrected chi connectivity index (χ1v) is 7.78. The van der Waals surface area contributed by atoms with E-state index in [-0.39, 0.29) is 24.3 Å². The Bertz CT molecular complexity index is 656. The van der Waals surface area contributed by atoms with E-state index >= 15 is 0 Å². The summed E-state index contributed by atoms with van der Waals surface area (Å²) in [5.41, 5.74) is 2.54. The number of halogens is 3. The van der Waals surface area contributed by atoms with Crippen molar-refractivity contribution in [3.63, 3.8) is 0 Å². The second kappa shape index (κ2) is 9.77. The van der Waals surface area contributed by atoms with Gasteiger partial charge >= 0.3 is 0 Å². The largest absolute Gasteiger partial charge is 0.391 e. The zero-order valence-corrected chi connectivity index (χ0v) is 14.6. The minimum atomic E-state index is -0.629. The SMILES string of the molecule is Cl.N#Cc1cccc(C(NC[C@H](O)CCl)c2ccc(Cl)cc2)c1. The third kappa shape index (κ3) is 5.69. The van der Waals surface area contributed by atoms with Crippen molar-refractivity contribution in [1.82, 2.24) is 5.32 Å². The molecular weight excluding hydrogens is 355 g/mol. The van der Waals surface area contributed by atoms with Crippen LogP contribution in [-0.4, -0.2) is 23.6 Å². The minimum Gasteiger partial charge on any atom is -0.391 e. The van der Waals surface area contributed by atoms with Gasteiger partial charge in [0, 0.05) is 17.4 Å². The molecule has 0 amide bonds. The summed E-state index contributed by atoms with van der Waals surface area (Å²) in [4.78, 5) is 0. The topological polar surface area (TPSA) is 56.0 Å². The number of nitrogens with zero attached hydrogens (tertiary/aromatic N) is 1. The first kappa shape index (κ1) is 19.8. The number of nitrogens with one attached hydrogen (secondary N) is 1. The summed E-state index contributed by atoms with van der Waals surface area (Å²) in [6.45, 7) is 0.355. The first-order chi connectivity index (χ1) is 10.6. The van der Waals surface area contributed by atoms with E-state index in [0.717, 1.165) is 11.1 Å². The number of aliphatic hydroxyl groups is 1. The molecule has 0 heterocycles. The highest BCUT2D eigenvalue weighted by Crippen LogP contribution is 2.24. The van der Waals surface area contributed by atoms with Gasteiger partial charge in [0.15, 0.2) is 0 Å². The predicted molar refractivity (Wildman–Crippen MR) is 96.4 cm³/mol. The molecule has 2 atom stereocenters. The Morgan fingerprint density at radius 3 is 2.43 bits per heavy atom. The standard InChI is InChI=1S/C17H16Cl2N2O.ClH/c18-9-16(22)11-21-17(13-4-6-15(19)7-5-13)14-3-1-2-12(8-14)10-20;/h1-8,16-17,21-22H,9,11H2;1H/t16-,17?;/m1./s1. The monoisotopic (exact) mass is 370 g/mol. The summed E-state index contributed by atoms with van der Waals surface area (Å²) in [6.07, 6.45) is -0.629. The molecule has 2 rings (SSSR count). The quantitative estimate of drug-likeness (QED) is 0.757. The van der Waals surface area contributed by atoms with E-state index in [1.165, 1.54) is 0 Å². The van der Waals surface area contributed by atoms with Gasteiger partial charge in [-0.3, -0.25) is 0 Å². The molecule has 23 heavy (non-hydrogen) atoms. The Morgan fingerprint density at radius 1 is 1.13 bits per heavy atom. The van der Waals surface area contributed by atoms with Gasteiger partial charge in [-0.15, -0.1) is 24.0 Å². The third-order valence-electron chi connectivity index (χ3n) is 3.29. The molecule has 0 aromatic heterocycles. The molecule has 6 heteroatoms. The summed E-state index contributed by atoms with van der Waals surface area (Å²) in [5.74, 6) is 0.165. The Labute approximate surface area is 152 Å². The molecule has 0 radical (unpaired) electrons. The number of alkyl halides is 1. The maximum Gasteiger partial charge on any atom is 0.0991 e. The molecule has 2 aromatic rings. The zero-order chi connectivity index (χ0) is 15.9. The van der Waals surface area contributed by atoms with Crippen LogP contribution in [0.4, 0.5) is 0 Å². The maximum atomic E-state index is 9.68. The molecule has 2 N–H and O–H groups in total. The number of aliphatic hydroxyl groups excluding tert-OH is 1. The lowest BCUT2D eigenvalue weighted by atomic mass is 9.97. The molecule has 3 nitrogen and oxygen atoms in total. The van der Waals surface area contributed by atoms with Crippen LogP contribution in [0, 0.1) is 11.3 Å². The van der Waals surface area contributed by atoms with Crippen molar-refractivity contribution in [2.45, 2.75) is 12.1 Å². The lowest BCUT2D eigenvalue weighted by molar-refractivity contribution is 0.191. The van der Waals surface area contributed by atoms with E-state index in [4.69, 9.17) is 28.5 Å². The average molecular weight is 372 g/mol. The van der Waals surface area contributed by atoms with Crippen LogP contribution in [0.3, 0.4) is 0 Å². The van der Waals surface area contributed by atoms with Crippen LogP contribution in [0.1, 0.15) is 22.7 Å². The smallest absolute Gasteiger partial charge is 0.0991 e. The van der Waals surface area contributed by atoms with Crippen LogP contribution in [0.25, 0.3) is 0 Å². The van der Waals surface area contributed by atoms with E-state index in [9.17, 15) is 5.11 Å². The molecule has 0 bridgehead atoms. The summed E-state index contributed by atoms with van der Waals surface area (Å²) in [5, 5.41) is 22.7. The van der Waals surface area contributed by atoms with Crippen molar-refractivity contribution in [1.29, 1.82) is 5.26 Å². The molecule has 0 saturated carbocycles. The highest BCUT2D eigenvalue weighted by Gasteiger charge is 2.15. The van der Waals surface area contributed by atoms with Crippen LogP contribution < -0.4 is 5.32 Å². The van der Waals surface area contributed by atoms with Crippen molar-refractivity contribution in [2.24, 2.45) is 0 Å². The van der Waals surface area contributed by atoms with Gasteiger partial charge in [0.2, 0.25) is 0 Å². The van der Waals surface area contributed by atoms with Crippen LogP contribution in [0.15, 0.2) is 48.5 Å². The average Bonchev–Trinajstić information content (AvgIpc) is 2.56. The molecule has 1 unspecified atom stereocenters. The zero-order valence-electron chi connectivity index (χ0n) is 12.2. The van der Waals surface area contributed by atoms with Gasteiger partial charge in [0.25, 0.3) is 0 Å².